The van der Waals surface area contributed by atoms with Gasteiger partial charge < -0.3 is 19.7 Å². The summed E-state index contributed by atoms with van der Waals surface area (Å²) in [6.07, 6.45) is 4.28. The van der Waals surface area contributed by atoms with E-state index >= 15 is 0 Å². The predicted octanol–water partition coefficient (Wildman–Crippen LogP) is 3.20. The van der Waals surface area contributed by atoms with Crippen molar-refractivity contribution in [2.75, 3.05) is 32.6 Å². The number of benzene rings is 1. The first kappa shape index (κ1) is 17.6. The van der Waals surface area contributed by atoms with E-state index in [1.807, 2.05) is 25.1 Å². The number of nitrogens with one attached hydrogen (secondary N) is 1. The Labute approximate surface area is 142 Å². The van der Waals surface area contributed by atoms with Gasteiger partial charge in [-0.2, -0.15) is 0 Å². The minimum atomic E-state index is -0.186. The van der Waals surface area contributed by atoms with Crippen molar-refractivity contribution in [3.05, 3.63) is 48.3 Å². The smallest absolute Gasteiger partial charge is 0.322 e. The molecule has 2 rings (SSSR count). The van der Waals surface area contributed by atoms with Gasteiger partial charge >= 0.3 is 6.03 Å². The molecule has 0 unspecified atom stereocenters. The van der Waals surface area contributed by atoms with Crippen LogP contribution in [-0.2, 0) is 6.42 Å². The summed E-state index contributed by atoms with van der Waals surface area (Å²) in [5.74, 6) is 1.13. The Morgan fingerprint density at radius 2 is 1.75 bits per heavy atom. The summed E-state index contributed by atoms with van der Waals surface area (Å²) >= 11 is 0. The van der Waals surface area contributed by atoms with Gasteiger partial charge in [0.05, 0.1) is 14.2 Å². The number of urea groups is 1. The fourth-order valence-corrected chi connectivity index (χ4v) is 2.38. The number of pyridine rings is 1. The summed E-state index contributed by atoms with van der Waals surface area (Å²) < 4.78 is 10.6. The van der Waals surface area contributed by atoms with Gasteiger partial charge in [-0.05, 0) is 43.2 Å². The number of hydrogen-bond donors (Lipinski definition) is 1. The Hall–Kier alpha value is -2.76. The van der Waals surface area contributed by atoms with Crippen LogP contribution in [0.2, 0.25) is 0 Å². The standard InChI is InChI=1S/C18H23N3O3/c1-4-21(13-10-14-8-11-19-12-9-14)18(22)20-17-15(23-2)6-5-7-16(17)24-3/h5-9,11-12H,4,10,13H2,1-3H3,(H,20,22). The topological polar surface area (TPSA) is 63.7 Å². The van der Waals surface area contributed by atoms with Gasteiger partial charge in [-0.1, -0.05) is 6.07 Å². The van der Waals surface area contributed by atoms with Crippen molar-refractivity contribution >= 4 is 11.7 Å². The van der Waals surface area contributed by atoms with Gasteiger partial charge in [0.1, 0.15) is 17.2 Å². The molecule has 2 amide bonds. The molecule has 0 fully saturated rings. The summed E-state index contributed by atoms with van der Waals surface area (Å²) in [5.41, 5.74) is 1.68. The number of likely N-dealkylation sites (N-methyl/N-ethyl adjacent to an activating group) is 1. The van der Waals surface area contributed by atoms with E-state index in [0.29, 0.717) is 30.3 Å². The van der Waals surface area contributed by atoms with E-state index in [-0.39, 0.29) is 6.03 Å². The van der Waals surface area contributed by atoms with E-state index in [0.717, 1.165) is 12.0 Å². The molecule has 0 aliphatic carbocycles. The third-order valence-corrected chi connectivity index (χ3v) is 3.75. The molecule has 2 aromatic rings. The van der Waals surface area contributed by atoms with Gasteiger partial charge in [-0.25, -0.2) is 4.79 Å². The molecule has 0 spiro atoms. The Morgan fingerprint density at radius 1 is 1.12 bits per heavy atom. The SMILES string of the molecule is CCN(CCc1ccncc1)C(=O)Nc1c(OC)cccc1OC. The molecule has 0 saturated carbocycles. The lowest BCUT2D eigenvalue weighted by Gasteiger charge is -2.23. The minimum Gasteiger partial charge on any atom is -0.494 e. The number of anilines is 1. The molecule has 0 atom stereocenters. The van der Waals surface area contributed by atoms with E-state index < -0.39 is 0 Å². The Kier molecular flexibility index (Phi) is 6.42. The average molecular weight is 329 g/mol. The van der Waals surface area contributed by atoms with E-state index in [1.165, 1.54) is 0 Å². The monoisotopic (exact) mass is 329 g/mol. The fraction of sp³-hybridized carbons (Fsp3) is 0.333. The van der Waals surface area contributed by atoms with E-state index in [9.17, 15) is 4.79 Å². The van der Waals surface area contributed by atoms with Crippen LogP contribution in [0.1, 0.15) is 12.5 Å². The number of nitrogens with zero attached hydrogens (tertiary/aromatic N) is 2. The first-order valence-corrected chi connectivity index (χ1v) is 7.85. The Bertz CT molecular complexity index is 640. The van der Waals surface area contributed by atoms with Crippen LogP contribution in [0, 0.1) is 0 Å². The highest BCUT2D eigenvalue weighted by molar-refractivity contribution is 5.93. The largest absolute Gasteiger partial charge is 0.494 e. The zero-order valence-corrected chi connectivity index (χ0v) is 14.3. The van der Waals surface area contributed by atoms with E-state index in [1.54, 1.807) is 43.6 Å². The van der Waals surface area contributed by atoms with Crippen molar-refractivity contribution < 1.29 is 14.3 Å². The van der Waals surface area contributed by atoms with Crippen molar-refractivity contribution in [1.82, 2.24) is 9.88 Å². The highest BCUT2D eigenvalue weighted by Gasteiger charge is 2.17. The molecule has 1 aromatic carbocycles. The van der Waals surface area contributed by atoms with Crippen molar-refractivity contribution in [2.24, 2.45) is 0 Å². The molecule has 0 aliphatic heterocycles. The number of methoxy groups -OCH3 is 2. The molecule has 0 aliphatic rings. The molecule has 1 heterocycles. The van der Waals surface area contributed by atoms with Crippen LogP contribution in [-0.4, -0.2) is 43.2 Å². The molecule has 1 aromatic heterocycles. The molecule has 0 bridgehead atoms. The molecule has 0 radical (unpaired) electrons. The number of ether oxygens (including phenoxy) is 2. The molecule has 1 N–H and O–H groups in total. The first-order valence-electron chi connectivity index (χ1n) is 7.85. The third-order valence-electron chi connectivity index (χ3n) is 3.75. The highest BCUT2D eigenvalue weighted by atomic mass is 16.5. The van der Waals surface area contributed by atoms with Crippen molar-refractivity contribution in [3.63, 3.8) is 0 Å². The van der Waals surface area contributed by atoms with Gasteiger partial charge in [0, 0.05) is 25.5 Å². The number of carbonyl (C=O) groups is 1. The fourth-order valence-electron chi connectivity index (χ4n) is 2.38. The van der Waals surface area contributed by atoms with E-state index in [4.69, 9.17) is 9.47 Å². The minimum absolute atomic E-state index is 0.186. The zero-order chi connectivity index (χ0) is 17.4. The zero-order valence-electron chi connectivity index (χ0n) is 14.3. The second-order valence-electron chi connectivity index (χ2n) is 5.15. The number of rotatable bonds is 7. The number of carbonyl (C=O) groups excluding carboxylic acids is 1. The quantitative estimate of drug-likeness (QED) is 0.847. The van der Waals surface area contributed by atoms with E-state index in [2.05, 4.69) is 10.3 Å². The summed E-state index contributed by atoms with van der Waals surface area (Å²) in [6.45, 7) is 3.17. The summed E-state index contributed by atoms with van der Waals surface area (Å²) in [7, 11) is 3.12. The molecule has 24 heavy (non-hydrogen) atoms. The maximum atomic E-state index is 12.6. The lowest BCUT2D eigenvalue weighted by molar-refractivity contribution is 0.215. The highest BCUT2D eigenvalue weighted by Crippen LogP contribution is 2.34. The van der Waals surface area contributed by atoms with Crippen LogP contribution in [0.4, 0.5) is 10.5 Å². The number of hydrogen-bond acceptors (Lipinski definition) is 4. The Balaban J connectivity index is 2.07. The van der Waals surface area contributed by atoms with Crippen LogP contribution in [0.15, 0.2) is 42.7 Å². The van der Waals surface area contributed by atoms with Crippen molar-refractivity contribution in [1.29, 1.82) is 0 Å². The van der Waals surface area contributed by atoms with Crippen molar-refractivity contribution in [3.8, 4) is 11.5 Å². The van der Waals surface area contributed by atoms with Crippen LogP contribution < -0.4 is 14.8 Å². The lowest BCUT2D eigenvalue weighted by Crippen LogP contribution is -2.36. The first-order chi connectivity index (χ1) is 11.7. The van der Waals surface area contributed by atoms with Crippen LogP contribution in [0.5, 0.6) is 11.5 Å². The van der Waals surface area contributed by atoms with Gasteiger partial charge in [0.25, 0.3) is 0 Å². The van der Waals surface area contributed by atoms with Gasteiger partial charge in [0.15, 0.2) is 0 Å². The molecule has 6 heteroatoms. The summed E-state index contributed by atoms with van der Waals surface area (Å²) in [6, 6.07) is 9.10. The normalized spacial score (nSPS) is 10.1. The maximum Gasteiger partial charge on any atom is 0.322 e. The molecular weight excluding hydrogens is 306 g/mol. The van der Waals surface area contributed by atoms with Crippen LogP contribution in [0.3, 0.4) is 0 Å². The predicted molar refractivity (Wildman–Crippen MR) is 93.8 cm³/mol. The number of amides is 2. The van der Waals surface area contributed by atoms with Crippen molar-refractivity contribution in [2.45, 2.75) is 13.3 Å². The third kappa shape index (κ3) is 4.38. The average Bonchev–Trinajstić information content (AvgIpc) is 2.63. The van der Waals surface area contributed by atoms with Crippen LogP contribution >= 0.6 is 0 Å². The van der Waals surface area contributed by atoms with Gasteiger partial charge in [0.2, 0.25) is 0 Å². The molecule has 6 nitrogen and oxygen atoms in total. The number of para-hydroxylation sites is 1. The Morgan fingerprint density at radius 3 is 2.29 bits per heavy atom. The summed E-state index contributed by atoms with van der Waals surface area (Å²) in [5, 5.41) is 2.89. The maximum absolute atomic E-state index is 12.6. The van der Waals surface area contributed by atoms with Crippen LogP contribution in [0.25, 0.3) is 0 Å². The molecule has 128 valence electrons. The lowest BCUT2D eigenvalue weighted by atomic mass is 10.2. The van der Waals surface area contributed by atoms with Gasteiger partial charge in [-0.15, -0.1) is 0 Å². The number of aromatic nitrogens is 1. The second kappa shape index (κ2) is 8.76. The molecular formula is C18H23N3O3. The summed E-state index contributed by atoms with van der Waals surface area (Å²) in [4.78, 5) is 18.3. The van der Waals surface area contributed by atoms with Gasteiger partial charge in [-0.3, -0.25) is 4.98 Å². The second-order valence-corrected chi connectivity index (χ2v) is 5.15. The molecule has 0 saturated heterocycles.